The summed E-state index contributed by atoms with van der Waals surface area (Å²) in [5, 5.41) is 8.91. The summed E-state index contributed by atoms with van der Waals surface area (Å²) in [6.07, 6.45) is 4.00. The van der Waals surface area contributed by atoms with E-state index in [2.05, 4.69) is 9.88 Å². The SMILES string of the molecule is COCCN(Cc1ccnc(C(=O)O)c1)C1CC1. The Hall–Kier alpha value is -1.46. The summed E-state index contributed by atoms with van der Waals surface area (Å²) in [4.78, 5) is 17.0. The van der Waals surface area contributed by atoms with E-state index in [0.717, 1.165) is 18.7 Å². The van der Waals surface area contributed by atoms with Crippen molar-refractivity contribution in [2.24, 2.45) is 0 Å². The Morgan fingerprint density at radius 1 is 1.61 bits per heavy atom. The van der Waals surface area contributed by atoms with E-state index in [9.17, 15) is 4.79 Å². The quantitative estimate of drug-likeness (QED) is 0.792. The highest BCUT2D eigenvalue weighted by atomic mass is 16.5. The molecule has 98 valence electrons. The topological polar surface area (TPSA) is 62.7 Å². The van der Waals surface area contributed by atoms with E-state index < -0.39 is 5.97 Å². The molecule has 1 aromatic rings. The number of aromatic carboxylic acids is 1. The lowest BCUT2D eigenvalue weighted by atomic mass is 10.2. The second kappa shape index (κ2) is 5.93. The molecule has 0 saturated heterocycles. The van der Waals surface area contributed by atoms with Crippen LogP contribution < -0.4 is 0 Å². The predicted octanol–water partition coefficient (Wildman–Crippen LogP) is 1.39. The van der Waals surface area contributed by atoms with E-state index in [1.54, 1.807) is 19.4 Å². The number of ether oxygens (including phenoxy) is 1. The third kappa shape index (κ3) is 3.51. The number of pyridine rings is 1. The Balaban J connectivity index is 2.01. The van der Waals surface area contributed by atoms with Gasteiger partial charge in [0.2, 0.25) is 0 Å². The van der Waals surface area contributed by atoms with Gasteiger partial charge in [0.25, 0.3) is 0 Å². The minimum absolute atomic E-state index is 0.106. The summed E-state index contributed by atoms with van der Waals surface area (Å²) in [5.41, 5.74) is 1.10. The van der Waals surface area contributed by atoms with Crippen LogP contribution in [0.5, 0.6) is 0 Å². The second-order valence-corrected chi connectivity index (χ2v) is 4.55. The standard InChI is InChI=1S/C13H18N2O3/c1-18-7-6-15(11-2-3-11)9-10-4-5-14-12(8-10)13(16)17/h4-5,8,11H,2-3,6-7,9H2,1H3,(H,16,17). The predicted molar refractivity (Wildman–Crippen MR) is 66.5 cm³/mol. The van der Waals surface area contributed by atoms with Crippen molar-refractivity contribution in [3.63, 3.8) is 0 Å². The van der Waals surface area contributed by atoms with Crippen LogP contribution >= 0.6 is 0 Å². The average Bonchev–Trinajstić information content (AvgIpc) is 3.19. The summed E-state index contributed by atoms with van der Waals surface area (Å²) in [6, 6.07) is 4.14. The molecule has 0 amide bonds. The number of hydrogen-bond donors (Lipinski definition) is 1. The molecule has 18 heavy (non-hydrogen) atoms. The first-order chi connectivity index (χ1) is 8.70. The van der Waals surface area contributed by atoms with Gasteiger partial charge in [-0.2, -0.15) is 0 Å². The highest BCUT2D eigenvalue weighted by Gasteiger charge is 2.28. The van der Waals surface area contributed by atoms with Crippen molar-refractivity contribution in [3.05, 3.63) is 29.6 Å². The highest BCUT2D eigenvalue weighted by molar-refractivity contribution is 5.85. The fraction of sp³-hybridized carbons (Fsp3) is 0.538. The van der Waals surface area contributed by atoms with Crippen LogP contribution in [-0.4, -0.2) is 47.3 Å². The smallest absolute Gasteiger partial charge is 0.354 e. The maximum absolute atomic E-state index is 10.9. The van der Waals surface area contributed by atoms with Crippen molar-refractivity contribution >= 4 is 5.97 Å². The van der Waals surface area contributed by atoms with Crippen LogP contribution in [0, 0.1) is 0 Å². The average molecular weight is 250 g/mol. The van der Waals surface area contributed by atoms with Gasteiger partial charge in [0, 0.05) is 32.4 Å². The minimum Gasteiger partial charge on any atom is -0.477 e. The zero-order valence-corrected chi connectivity index (χ0v) is 10.5. The molecule has 0 bridgehead atoms. The second-order valence-electron chi connectivity index (χ2n) is 4.55. The zero-order valence-electron chi connectivity index (χ0n) is 10.5. The minimum atomic E-state index is -0.980. The van der Waals surface area contributed by atoms with Crippen molar-refractivity contribution in [1.82, 2.24) is 9.88 Å². The Morgan fingerprint density at radius 3 is 3.00 bits per heavy atom. The van der Waals surface area contributed by atoms with Crippen LogP contribution in [0.1, 0.15) is 28.9 Å². The number of carbonyl (C=O) groups is 1. The first kappa shape index (κ1) is 13.0. The Labute approximate surface area is 106 Å². The van der Waals surface area contributed by atoms with Crippen LogP contribution in [0.25, 0.3) is 0 Å². The molecule has 1 N–H and O–H groups in total. The van der Waals surface area contributed by atoms with E-state index in [4.69, 9.17) is 9.84 Å². The van der Waals surface area contributed by atoms with Gasteiger partial charge in [0.1, 0.15) is 5.69 Å². The van der Waals surface area contributed by atoms with Crippen LogP contribution in [-0.2, 0) is 11.3 Å². The maximum Gasteiger partial charge on any atom is 0.354 e. The molecule has 0 aromatic carbocycles. The lowest BCUT2D eigenvalue weighted by Crippen LogP contribution is -2.29. The lowest BCUT2D eigenvalue weighted by molar-refractivity contribution is 0.0690. The number of aromatic nitrogens is 1. The van der Waals surface area contributed by atoms with Gasteiger partial charge in [-0.15, -0.1) is 0 Å². The summed E-state index contributed by atoms with van der Waals surface area (Å²) >= 11 is 0. The molecule has 0 atom stereocenters. The molecular formula is C13H18N2O3. The van der Waals surface area contributed by atoms with Gasteiger partial charge in [-0.1, -0.05) is 0 Å². The highest BCUT2D eigenvalue weighted by Crippen LogP contribution is 2.28. The Bertz CT molecular complexity index is 418. The molecule has 1 aliphatic carbocycles. The van der Waals surface area contributed by atoms with Crippen molar-refractivity contribution in [3.8, 4) is 0 Å². The third-order valence-electron chi connectivity index (χ3n) is 3.08. The molecule has 1 fully saturated rings. The largest absolute Gasteiger partial charge is 0.477 e. The van der Waals surface area contributed by atoms with Crippen LogP contribution in [0.3, 0.4) is 0 Å². The normalized spacial score (nSPS) is 15.0. The van der Waals surface area contributed by atoms with Gasteiger partial charge in [0.05, 0.1) is 6.61 Å². The molecule has 0 aliphatic heterocycles. The number of methoxy groups -OCH3 is 1. The zero-order chi connectivity index (χ0) is 13.0. The molecule has 0 unspecified atom stereocenters. The first-order valence-corrected chi connectivity index (χ1v) is 6.12. The van der Waals surface area contributed by atoms with Crippen LogP contribution in [0.15, 0.2) is 18.3 Å². The number of carboxylic acid groups (broad SMARTS) is 1. The van der Waals surface area contributed by atoms with Gasteiger partial charge >= 0.3 is 5.97 Å². The van der Waals surface area contributed by atoms with E-state index in [1.807, 2.05) is 6.07 Å². The summed E-state index contributed by atoms with van der Waals surface area (Å²) in [7, 11) is 1.69. The number of rotatable bonds is 7. The molecule has 5 nitrogen and oxygen atoms in total. The number of carboxylic acids is 1. The molecule has 1 aliphatic rings. The van der Waals surface area contributed by atoms with Crippen molar-refractivity contribution in [2.75, 3.05) is 20.3 Å². The van der Waals surface area contributed by atoms with E-state index in [1.165, 1.54) is 12.8 Å². The van der Waals surface area contributed by atoms with Crippen molar-refractivity contribution in [1.29, 1.82) is 0 Å². The van der Waals surface area contributed by atoms with E-state index in [0.29, 0.717) is 12.6 Å². The molecule has 5 heteroatoms. The maximum atomic E-state index is 10.9. The molecular weight excluding hydrogens is 232 g/mol. The van der Waals surface area contributed by atoms with Crippen molar-refractivity contribution < 1.29 is 14.6 Å². The summed E-state index contributed by atoms with van der Waals surface area (Å²) < 4.78 is 5.10. The van der Waals surface area contributed by atoms with Gasteiger partial charge in [-0.25, -0.2) is 9.78 Å². The molecule has 1 aromatic heterocycles. The fourth-order valence-electron chi connectivity index (χ4n) is 1.96. The fourth-order valence-corrected chi connectivity index (χ4v) is 1.96. The monoisotopic (exact) mass is 250 g/mol. The summed E-state index contributed by atoms with van der Waals surface area (Å²) in [5.74, 6) is -0.980. The molecule has 0 spiro atoms. The van der Waals surface area contributed by atoms with Crippen LogP contribution in [0.4, 0.5) is 0 Å². The van der Waals surface area contributed by atoms with Gasteiger partial charge in [0.15, 0.2) is 0 Å². The Kier molecular flexibility index (Phi) is 4.28. The summed E-state index contributed by atoms with van der Waals surface area (Å²) in [6.45, 7) is 2.34. The molecule has 1 heterocycles. The third-order valence-corrected chi connectivity index (χ3v) is 3.08. The van der Waals surface area contributed by atoms with Gasteiger partial charge in [-0.05, 0) is 30.5 Å². The van der Waals surface area contributed by atoms with Crippen molar-refractivity contribution in [2.45, 2.75) is 25.4 Å². The van der Waals surface area contributed by atoms with E-state index in [-0.39, 0.29) is 5.69 Å². The molecule has 0 radical (unpaired) electrons. The molecule has 1 saturated carbocycles. The molecule has 2 rings (SSSR count). The van der Waals surface area contributed by atoms with Gasteiger partial charge in [-0.3, -0.25) is 4.90 Å². The van der Waals surface area contributed by atoms with Gasteiger partial charge < -0.3 is 9.84 Å². The first-order valence-electron chi connectivity index (χ1n) is 6.12. The Morgan fingerprint density at radius 2 is 2.39 bits per heavy atom. The number of hydrogen-bond acceptors (Lipinski definition) is 4. The lowest BCUT2D eigenvalue weighted by Gasteiger charge is -2.21. The van der Waals surface area contributed by atoms with Crippen LogP contribution in [0.2, 0.25) is 0 Å². The van der Waals surface area contributed by atoms with E-state index >= 15 is 0 Å². The number of nitrogens with zero attached hydrogens (tertiary/aromatic N) is 2.